The second-order valence-corrected chi connectivity index (χ2v) is 15.6. The molecule has 0 saturated heterocycles. The Kier molecular flexibility index (Phi) is 12.7. The van der Waals surface area contributed by atoms with Gasteiger partial charge in [-0.2, -0.15) is 0 Å². The number of hydrogen-bond donors (Lipinski definition) is 0. The summed E-state index contributed by atoms with van der Waals surface area (Å²) in [4.78, 5) is 24.5. The molecule has 63 heavy (non-hydrogen) atoms. The maximum absolute atomic E-state index is 13.0. The lowest BCUT2D eigenvalue weighted by atomic mass is 9.65. The zero-order valence-electron chi connectivity index (χ0n) is 35.7. The lowest BCUT2D eigenvalue weighted by Gasteiger charge is -2.38. The van der Waals surface area contributed by atoms with Gasteiger partial charge in [-0.1, -0.05) is 86.0 Å². The van der Waals surface area contributed by atoms with Crippen LogP contribution in [0.4, 0.5) is 9.59 Å². The van der Waals surface area contributed by atoms with E-state index < -0.39 is 12.3 Å². The fourth-order valence-electron chi connectivity index (χ4n) is 8.23. The quantitative estimate of drug-likeness (QED) is 0.0879. The van der Waals surface area contributed by atoms with Gasteiger partial charge in [0.05, 0.1) is 14.2 Å². The number of hydrogen-bond acceptors (Lipinski definition) is 9. The second-order valence-electron chi connectivity index (χ2n) is 15.6. The average molecular weight is 841 g/mol. The maximum Gasteiger partial charge on any atom is 0.519 e. The highest BCUT2D eigenvalue weighted by atomic mass is 16.7. The molecule has 0 N–H and O–H groups in total. The lowest BCUT2D eigenvalue weighted by molar-refractivity contribution is 0.121. The minimum atomic E-state index is -0.819. The van der Waals surface area contributed by atoms with Crippen LogP contribution >= 0.6 is 0 Å². The molecule has 0 aliphatic heterocycles. The Bertz CT molecular complexity index is 2680. The van der Waals surface area contributed by atoms with Gasteiger partial charge in [0.2, 0.25) is 0 Å². The number of methoxy groups -OCH3 is 2. The van der Waals surface area contributed by atoms with Crippen LogP contribution in [0.1, 0.15) is 54.4 Å². The molecule has 0 spiro atoms. The zero-order valence-corrected chi connectivity index (χ0v) is 35.7. The Morgan fingerprint density at radius 3 is 1.33 bits per heavy atom. The van der Waals surface area contributed by atoms with Crippen LogP contribution in [-0.2, 0) is 10.2 Å². The van der Waals surface area contributed by atoms with Crippen LogP contribution in [0.3, 0.4) is 0 Å². The van der Waals surface area contributed by atoms with E-state index in [1.807, 2.05) is 135 Å². The smallest absolute Gasteiger partial charge is 0.496 e. The molecule has 7 aromatic carbocycles. The van der Waals surface area contributed by atoms with E-state index in [4.69, 9.17) is 28.4 Å². The summed E-state index contributed by atoms with van der Waals surface area (Å²) >= 11 is 0. The van der Waals surface area contributed by atoms with E-state index in [0.29, 0.717) is 34.5 Å². The molecule has 0 atom stereocenters. The van der Waals surface area contributed by atoms with Crippen molar-refractivity contribution >= 4 is 12.3 Å². The molecule has 1 fully saturated rings. The van der Waals surface area contributed by atoms with Crippen molar-refractivity contribution in [2.75, 3.05) is 14.2 Å². The van der Waals surface area contributed by atoms with E-state index in [1.54, 1.807) is 37.4 Å². The Hall–Kier alpha value is -7.52. The SMILES string of the molecule is COC(=O)Oc1ccc(C2(c3ccc(OC(=O)Oc4ccc(-c5ccc(Oc6cccc(Oc7ccc(-c8ccc(OC)c(C)c8)cc7)c6)cc5)cc4C)cc3)CCCCC2)cc1. The van der Waals surface area contributed by atoms with E-state index in [0.717, 1.165) is 81.7 Å². The van der Waals surface area contributed by atoms with Crippen molar-refractivity contribution in [3.05, 3.63) is 180 Å². The average Bonchev–Trinajstić information content (AvgIpc) is 3.31. The number of aryl methyl sites for hydroxylation is 2. The predicted octanol–water partition coefficient (Wildman–Crippen LogP) is 14.2. The molecule has 8 rings (SSSR count). The third-order valence-electron chi connectivity index (χ3n) is 11.5. The maximum atomic E-state index is 13.0. The van der Waals surface area contributed by atoms with E-state index in [9.17, 15) is 9.59 Å². The summed E-state index contributed by atoms with van der Waals surface area (Å²) in [5.41, 5.74) is 8.07. The molecule has 0 aromatic heterocycles. The van der Waals surface area contributed by atoms with Crippen LogP contribution in [0.5, 0.6) is 46.0 Å². The van der Waals surface area contributed by atoms with Crippen molar-refractivity contribution in [2.45, 2.75) is 51.4 Å². The standard InChI is InChI=1S/C54H48O9/c1-36-33-40(15-29-50(36)57-3)38-11-21-44(22-12-38)59-48-9-8-10-49(35-48)60-45-23-13-39(14-24-45)41-16-30-51(37(2)34-41)63-53(56)62-47-27-19-43(20-28-47)54(31-6-5-7-32-54)42-17-25-46(26-18-42)61-52(55)58-4/h8-30,33-35H,5-7,31-32H2,1-4H3. The first-order chi connectivity index (χ1) is 30.7. The molecular weight excluding hydrogens is 793 g/mol. The number of carbonyl (C=O) groups excluding carboxylic acids is 2. The lowest BCUT2D eigenvalue weighted by Crippen LogP contribution is -2.30. The summed E-state index contributed by atoms with van der Waals surface area (Å²) in [6.45, 7) is 3.93. The highest BCUT2D eigenvalue weighted by Gasteiger charge is 2.36. The summed E-state index contributed by atoms with van der Waals surface area (Å²) in [5, 5.41) is 0. The number of rotatable bonds is 12. The van der Waals surface area contributed by atoms with E-state index in [2.05, 4.69) is 10.8 Å². The molecule has 318 valence electrons. The van der Waals surface area contributed by atoms with Crippen LogP contribution in [0, 0.1) is 13.8 Å². The summed E-state index contributed by atoms with van der Waals surface area (Å²) in [5.74, 6) is 4.80. The predicted molar refractivity (Wildman–Crippen MR) is 243 cm³/mol. The Morgan fingerprint density at radius 1 is 0.429 bits per heavy atom. The van der Waals surface area contributed by atoms with Gasteiger partial charge >= 0.3 is 12.3 Å². The van der Waals surface area contributed by atoms with E-state index >= 15 is 0 Å². The monoisotopic (exact) mass is 840 g/mol. The van der Waals surface area contributed by atoms with Gasteiger partial charge in [-0.3, -0.25) is 0 Å². The summed E-state index contributed by atoms with van der Waals surface area (Å²) < 4.78 is 38.8. The highest BCUT2D eigenvalue weighted by Crippen LogP contribution is 2.46. The van der Waals surface area contributed by atoms with Crippen molar-refractivity contribution in [1.29, 1.82) is 0 Å². The molecule has 7 aromatic rings. The minimum absolute atomic E-state index is 0.205. The highest BCUT2D eigenvalue weighted by molar-refractivity contribution is 5.71. The van der Waals surface area contributed by atoms with Crippen LogP contribution in [0.15, 0.2) is 158 Å². The van der Waals surface area contributed by atoms with Crippen LogP contribution < -0.4 is 28.4 Å². The Morgan fingerprint density at radius 2 is 0.873 bits per heavy atom. The van der Waals surface area contributed by atoms with Crippen molar-refractivity contribution in [2.24, 2.45) is 0 Å². The summed E-state index contributed by atoms with van der Waals surface area (Å²) in [7, 11) is 2.96. The number of ether oxygens (including phenoxy) is 7. The first-order valence-electron chi connectivity index (χ1n) is 21.0. The van der Waals surface area contributed by atoms with Crippen molar-refractivity contribution < 1.29 is 42.7 Å². The molecule has 0 amide bonds. The van der Waals surface area contributed by atoms with Crippen molar-refractivity contribution in [1.82, 2.24) is 0 Å². The Labute approximate surface area is 367 Å². The third kappa shape index (κ3) is 10.0. The molecule has 0 heterocycles. The molecule has 0 bridgehead atoms. The molecule has 0 radical (unpaired) electrons. The third-order valence-corrected chi connectivity index (χ3v) is 11.5. The zero-order chi connectivity index (χ0) is 43.8. The van der Waals surface area contributed by atoms with Crippen LogP contribution in [0.2, 0.25) is 0 Å². The topological polar surface area (TPSA) is 98.8 Å². The van der Waals surface area contributed by atoms with Gasteiger partial charge in [-0.05, 0) is 156 Å². The fourth-order valence-corrected chi connectivity index (χ4v) is 8.23. The number of benzene rings is 7. The van der Waals surface area contributed by atoms with Crippen molar-refractivity contribution in [3.63, 3.8) is 0 Å². The van der Waals surface area contributed by atoms with Gasteiger partial charge in [0.25, 0.3) is 0 Å². The van der Waals surface area contributed by atoms with Crippen molar-refractivity contribution in [3.8, 4) is 68.2 Å². The van der Waals surface area contributed by atoms with Gasteiger partial charge in [0.15, 0.2) is 0 Å². The summed E-state index contributed by atoms with van der Waals surface area (Å²) in [6, 6.07) is 50.4. The molecule has 0 unspecified atom stereocenters. The van der Waals surface area contributed by atoms with Gasteiger partial charge in [0.1, 0.15) is 46.0 Å². The first-order valence-corrected chi connectivity index (χ1v) is 21.0. The molecule has 9 heteroatoms. The minimum Gasteiger partial charge on any atom is -0.496 e. The molecule has 1 saturated carbocycles. The van der Waals surface area contributed by atoms with Crippen LogP contribution in [-0.4, -0.2) is 26.5 Å². The molecular formula is C54H48O9. The summed E-state index contributed by atoms with van der Waals surface area (Å²) in [6.07, 6.45) is 3.76. The van der Waals surface area contributed by atoms with Crippen LogP contribution in [0.25, 0.3) is 22.3 Å². The second kappa shape index (κ2) is 19.0. The molecule has 9 nitrogen and oxygen atoms in total. The number of carbonyl (C=O) groups is 2. The Balaban J connectivity index is 0.856. The first kappa shape index (κ1) is 42.2. The van der Waals surface area contributed by atoms with E-state index in [-0.39, 0.29) is 5.41 Å². The molecule has 1 aliphatic rings. The largest absolute Gasteiger partial charge is 0.519 e. The van der Waals surface area contributed by atoms with Gasteiger partial charge in [-0.25, -0.2) is 9.59 Å². The van der Waals surface area contributed by atoms with Gasteiger partial charge < -0.3 is 33.2 Å². The van der Waals surface area contributed by atoms with Gasteiger partial charge in [-0.15, -0.1) is 0 Å². The van der Waals surface area contributed by atoms with Gasteiger partial charge in [0, 0.05) is 11.5 Å². The van der Waals surface area contributed by atoms with E-state index in [1.165, 1.54) is 13.5 Å². The normalized spacial score (nSPS) is 13.0. The fraction of sp³-hybridized carbons (Fsp3) is 0.185. The molecule has 1 aliphatic carbocycles.